The number of carbonyl (C=O) groups excluding carboxylic acids is 1. The molecule has 3 N–H and O–H groups in total. The lowest BCUT2D eigenvalue weighted by Crippen LogP contribution is -2.50. The van der Waals surface area contributed by atoms with E-state index in [1.54, 1.807) is 13.0 Å². The third-order valence-corrected chi connectivity index (χ3v) is 3.80. The van der Waals surface area contributed by atoms with Crippen molar-refractivity contribution in [2.75, 3.05) is 5.32 Å². The summed E-state index contributed by atoms with van der Waals surface area (Å²) in [7, 11) is 0. The van der Waals surface area contributed by atoms with E-state index in [4.69, 9.17) is 18.0 Å². The zero-order valence-electron chi connectivity index (χ0n) is 10.1. The predicted molar refractivity (Wildman–Crippen MR) is 72.8 cm³/mol. The maximum Gasteiger partial charge on any atom is 0.237 e. The molecule has 0 aromatic heterocycles. The van der Waals surface area contributed by atoms with Crippen LogP contribution in [0.3, 0.4) is 0 Å². The Bertz CT molecular complexity index is 491. The van der Waals surface area contributed by atoms with Gasteiger partial charge in [0.05, 0.1) is 10.4 Å². The van der Waals surface area contributed by atoms with Crippen molar-refractivity contribution >= 4 is 28.8 Å². The highest BCUT2D eigenvalue weighted by Gasteiger charge is 2.46. The van der Waals surface area contributed by atoms with Crippen LogP contribution in [0.15, 0.2) is 18.2 Å². The van der Waals surface area contributed by atoms with Crippen LogP contribution in [0.25, 0.3) is 0 Å². The molecule has 1 aromatic rings. The molecule has 0 atom stereocenters. The fourth-order valence-corrected chi connectivity index (χ4v) is 2.47. The molecule has 5 heteroatoms. The Hall–Kier alpha value is -1.49. The van der Waals surface area contributed by atoms with E-state index in [0.717, 1.165) is 12.0 Å². The summed E-state index contributed by atoms with van der Waals surface area (Å²) in [5, 5.41) is 2.70. The molecule has 0 radical (unpaired) electrons. The van der Waals surface area contributed by atoms with Gasteiger partial charge in [-0.05, 0) is 43.5 Å². The van der Waals surface area contributed by atoms with Crippen molar-refractivity contribution in [1.29, 1.82) is 0 Å². The van der Waals surface area contributed by atoms with Crippen molar-refractivity contribution < 1.29 is 9.18 Å². The molecule has 1 amide bonds. The van der Waals surface area contributed by atoms with Gasteiger partial charge in [0, 0.05) is 5.69 Å². The molecule has 96 valence electrons. The maximum atomic E-state index is 13.2. The molecular weight excluding hydrogens is 251 g/mol. The molecule has 1 aromatic carbocycles. The third kappa shape index (κ3) is 2.22. The number of halogens is 1. The molecule has 0 saturated heterocycles. The summed E-state index contributed by atoms with van der Waals surface area (Å²) in [6, 6.07) is 4.41. The summed E-state index contributed by atoms with van der Waals surface area (Å²) in [6.07, 6.45) is 2.28. The number of anilines is 1. The SMILES string of the molecule is Cc1cc(F)cc(NC(=O)C2(C(N)=S)CCC2)c1. The quantitative estimate of drug-likeness (QED) is 0.827. The normalized spacial score (nSPS) is 16.8. The Morgan fingerprint density at radius 2 is 2.11 bits per heavy atom. The lowest BCUT2D eigenvalue weighted by Gasteiger charge is -2.39. The number of benzene rings is 1. The molecule has 1 aliphatic carbocycles. The summed E-state index contributed by atoms with van der Waals surface area (Å²) >= 11 is 4.97. The number of hydrogen-bond donors (Lipinski definition) is 2. The number of rotatable bonds is 3. The minimum atomic E-state index is -0.741. The van der Waals surface area contributed by atoms with E-state index in [1.165, 1.54) is 12.1 Å². The van der Waals surface area contributed by atoms with Gasteiger partial charge in [-0.2, -0.15) is 0 Å². The van der Waals surface area contributed by atoms with Crippen LogP contribution in [0.1, 0.15) is 24.8 Å². The average Bonchev–Trinajstić information content (AvgIpc) is 2.11. The maximum absolute atomic E-state index is 13.2. The minimum absolute atomic E-state index is 0.222. The predicted octanol–water partition coefficient (Wildman–Crippen LogP) is 2.53. The lowest BCUT2D eigenvalue weighted by atomic mass is 9.68. The fraction of sp³-hybridized carbons (Fsp3) is 0.385. The van der Waals surface area contributed by atoms with Crippen LogP contribution >= 0.6 is 12.2 Å². The van der Waals surface area contributed by atoms with E-state index < -0.39 is 5.41 Å². The molecule has 0 aliphatic heterocycles. The van der Waals surface area contributed by atoms with Gasteiger partial charge in [-0.25, -0.2) is 4.39 Å². The molecule has 1 aliphatic rings. The molecule has 0 bridgehead atoms. The van der Waals surface area contributed by atoms with Gasteiger partial charge in [-0.3, -0.25) is 4.79 Å². The molecule has 1 fully saturated rings. The Balaban J connectivity index is 2.18. The molecule has 2 rings (SSSR count). The molecule has 0 heterocycles. The van der Waals surface area contributed by atoms with Crippen LogP contribution < -0.4 is 11.1 Å². The van der Waals surface area contributed by atoms with Gasteiger partial charge in [0.2, 0.25) is 5.91 Å². The van der Waals surface area contributed by atoms with Crippen LogP contribution in [0.5, 0.6) is 0 Å². The van der Waals surface area contributed by atoms with Crippen LogP contribution in [-0.2, 0) is 4.79 Å². The summed E-state index contributed by atoms with van der Waals surface area (Å²) in [5.41, 5.74) is 6.10. The van der Waals surface area contributed by atoms with Crippen molar-refractivity contribution in [3.63, 3.8) is 0 Å². The van der Waals surface area contributed by atoms with Crippen molar-refractivity contribution in [1.82, 2.24) is 0 Å². The zero-order chi connectivity index (χ0) is 13.3. The fourth-order valence-electron chi connectivity index (χ4n) is 2.17. The number of nitrogens with one attached hydrogen (secondary N) is 1. The Morgan fingerprint density at radius 3 is 2.56 bits per heavy atom. The van der Waals surface area contributed by atoms with Crippen LogP contribution in [-0.4, -0.2) is 10.9 Å². The highest BCUT2D eigenvalue weighted by molar-refractivity contribution is 7.80. The van der Waals surface area contributed by atoms with Gasteiger partial charge in [-0.15, -0.1) is 0 Å². The standard InChI is InChI=1S/C13H15FN2OS/c1-8-5-9(14)7-10(6-8)16-12(17)13(11(15)18)3-2-4-13/h5-7H,2-4H2,1H3,(H2,15,18)(H,16,17). The first-order chi connectivity index (χ1) is 8.44. The second-order valence-corrected chi connectivity index (χ2v) is 5.21. The average molecular weight is 266 g/mol. The van der Waals surface area contributed by atoms with Gasteiger partial charge in [0.1, 0.15) is 5.82 Å². The summed E-state index contributed by atoms with van der Waals surface area (Å²) in [5.74, 6) is -0.602. The van der Waals surface area contributed by atoms with E-state index in [0.29, 0.717) is 18.5 Å². The molecule has 0 spiro atoms. The number of nitrogens with two attached hydrogens (primary N) is 1. The zero-order valence-corrected chi connectivity index (χ0v) is 10.9. The Kier molecular flexibility index (Phi) is 3.34. The smallest absolute Gasteiger partial charge is 0.237 e. The van der Waals surface area contributed by atoms with Crippen LogP contribution in [0, 0.1) is 18.2 Å². The summed E-state index contributed by atoms with van der Waals surface area (Å²) < 4.78 is 13.2. The van der Waals surface area contributed by atoms with Gasteiger partial charge < -0.3 is 11.1 Å². The van der Waals surface area contributed by atoms with Gasteiger partial charge in [-0.1, -0.05) is 18.6 Å². The van der Waals surface area contributed by atoms with E-state index in [1.807, 2.05) is 0 Å². The number of thiocarbonyl (C=S) groups is 1. The highest BCUT2D eigenvalue weighted by Crippen LogP contribution is 2.42. The molecule has 3 nitrogen and oxygen atoms in total. The summed E-state index contributed by atoms with van der Waals surface area (Å²) in [4.78, 5) is 12.4. The topological polar surface area (TPSA) is 55.1 Å². The summed E-state index contributed by atoms with van der Waals surface area (Å²) in [6.45, 7) is 1.77. The van der Waals surface area contributed by atoms with Crippen molar-refractivity contribution in [2.45, 2.75) is 26.2 Å². The monoisotopic (exact) mass is 266 g/mol. The molecular formula is C13H15FN2OS. The van der Waals surface area contributed by atoms with Crippen molar-refractivity contribution in [2.24, 2.45) is 11.1 Å². The van der Waals surface area contributed by atoms with E-state index >= 15 is 0 Å². The van der Waals surface area contributed by atoms with E-state index in [-0.39, 0.29) is 16.7 Å². The van der Waals surface area contributed by atoms with Crippen LogP contribution in [0.2, 0.25) is 0 Å². The Labute approximate surface area is 111 Å². The van der Waals surface area contributed by atoms with Gasteiger partial charge in [0.15, 0.2) is 0 Å². The first kappa shape index (κ1) is 13.0. The second kappa shape index (κ2) is 4.65. The van der Waals surface area contributed by atoms with E-state index in [2.05, 4.69) is 5.32 Å². The van der Waals surface area contributed by atoms with Crippen molar-refractivity contribution in [3.8, 4) is 0 Å². The largest absolute Gasteiger partial charge is 0.392 e. The first-order valence-corrected chi connectivity index (χ1v) is 6.23. The third-order valence-electron chi connectivity index (χ3n) is 3.41. The van der Waals surface area contributed by atoms with E-state index in [9.17, 15) is 9.18 Å². The second-order valence-electron chi connectivity index (χ2n) is 4.77. The van der Waals surface area contributed by atoms with Gasteiger partial charge >= 0.3 is 0 Å². The molecule has 18 heavy (non-hydrogen) atoms. The lowest BCUT2D eigenvalue weighted by molar-refractivity contribution is -0.125. The number of aryl methyl sites for hydroxylation is 1. The highest BCUT2D eigenvalue weighted by atomic mass is 32.1. The van der Waals surface area contributed by atoms with Crippen molar-refractivity contribution in [3.05, 3.63) is 29.6 Å². The molecule has 0 unspecified atom stereocenters. The first-order valence-electron chi connectivity index (χ1n) is 5.83. The van der Waals surface area contributed by atoms with Gasteiger partial charge in [0.25, 0.3) is 0 Å². The minimum Gasteiger partial charge on any atom is -0.392 e. The Morgan fingerprint density at radius 1 is 1.44 bits per heavy atom. The number of carbonyl (C=O) groups is 1. The van der Waals surface area contributed by atoms with Crippen LogP contribution in [0.4, 0.5) is 10.1 Å². The number of hydrogen-bond acceptors (Lipinski definition) is 2. The number of amides is 1. The molecule has 1 saturated carbocycles.